The van der Waals surface area contributed by atoms with Crippen molar-refractivity contribution in [3.8, 4) is 0 Å². The predicted molar refractivity (Wildman–Crippen MR) is 49.8 cm³/mol. The van der Waals surface area contributed by atoms with Crippen molar-refractivity contribution < 1.29 is 19.4 Å². The molecule has 4 nitrogen and oxygen atoms in total. The third-order valence-electron chi connectivity index (χ3n) is 2.95. The Labute approximate surface area is 83.2 Å². The van der Waals surface area contributed by atoms with Crippen molar-refractivity contribution in [2.45, 2.75) is 45.1 Å². The Kier molecular flexibility index (Phi) is 3.13. The van der Waals surface area contributed by atoms with E-state index in [0.29, 0.717) is 12.8 Å². The zero-order valence-corrected chi connectivity index (χ0v) is 8.58. The summed E-state index contributed by atoms with van der Waals surface area (Å²) in [7, 11) is 0. The number of cyclic esters (lactones) is 1. The molecule has 1 N–H and O–H groups in total. The lowest BCUT2D eigenvalue weighted by Gasteiger charge is -2.28. The van der Waals surface area contributed by atoms with Crippen molar-refractivity contribution in [1.82, 2.24) is 0 Å². The molecule has 0 saturated carbocycles. The second-order valence-corrected chi connectivity index (χ2v) is 3.99. The number of carbonyl (C=O) groups is 2. The van der Waals surface area contributed by atoms with E-state index in [-0.39, 0.29) is 18.3 Å². The molecule has 2 unspecified atom stereocenters. The van der Waals surface area contributed by atoms with Crippen LogP contribution in [-0.2, 0) is 14.3 Å². The molecule has 0 bridgehead atoms. The number of carbonyl (C=O) groups excluding carboxylic acids is 1. The minimum absolute atomic E-state index is 0.0558. The molecule has 1 aliphatic heterocycles. The predicted octanol–water partition coefficient (Wildman–Crippen LogP) is 1.58. The fraction of sp³-hybridized carbons (Fsp3) is 0.800. The Bertz CT molecular complexity index is 249. The van der Waals surface area contributed by atoms with Gasteiger partial charge in [0.15, 0.2) is 0 Å². The normalized spacial score (nSPS) is 31.6. The van der Waals surface area contributed by atoms with Crippen LogP contribution < -0.4 is 0 Å². The van der Waals surface area contributed by atoms with Gasteiger partial charge >= 0.3 is 11.9 Å². The van der Waals surface area contributed by atoms with E-state index in [9.17, 15) is 9.59 Å². The number of aliphatic carboxylic acids is 1. The molecule has 80 valence electrons. The van der Waals surface area contributed by atoms with Crippen molar-refractivity contribution in [3.63, 3.8) is 0 Å². The van der Waals surface area contributed by atoms with Gasteiger partial charge in [0, 0.05) is 12.3 Å². The van der Waals surface area contributed by atoms with Gasteiger partial charge in [-0.2, -0.15) is 0 Å². The molecule has 0 aliphatic carbocycles. The van der Waals surface area contributed by atoms with Crippen LogP contribution in [0, 0.1) is 5.92 Å². The lowest BCUT2D eigenvalue weighted by atomic mass is 9.83. The van der Waals surface area contributed by atoms with Gasteiger partial charge in [-0.05, 0) is 19.8 Å². The summed E-state index contributed by atoms with van der Waals surface area (Å²) in [6.07, 6.45) is 1.74. The highest BCUT2D eigenvalue weighted by Gasteiger charge is 2.44. The second-order valence-electron chi connectivity index (χ2n) is 3.99. The van der Waals surface area contributed by atoms with E-state index < -0.39 is 11.6 Å². The molecule has 1 aliphatic rings. The number of carboxylic acid groups (broad SMARTS) is 1. The minimum atomic E-state index is -0.843. The van der Waals surface area contributed by atoms with Gasteiger partial charge in [0.1, 0.15) is 5.60 Å². The van der Waals surface area contributed by atoms with E-state index >= 15 is 0 Å². The van der Waals surface area contributed by atoms with Gasteiger partial charge in [0.05, 0.1) is 6.42 Å². The van der Waals surface area contributed by atoms with Crippen molar-refractivity contribution >= 4 is 11.9 Å². The smallest absolute Gasteiger partial charge is 0.306 e. The third-order valence-corrected chi connectivity index (χ3v) is 2.95. The molecule has 1 saturated heterocycles. The molecule has 0 aromatic carbocycles. The third kappa shape index (κ3) is 2.25. The monoisotopic (exact) mass is 200 g/mol. The molecule has 2 atom stereocenters. The maximum Gasteiger partial charge on any atom is 0.306 e. The SMILES string of the molecule is CCC1CC(=O)OC1(C)CCC(=O)O. The van der Waals surface area contributed by atoms with E-state index in [1.165, 1.54) is 0 Å². The topological polar surface area (TPSA) is 63.6 Å². The number of rotatable bonds is 4. The lowest BCUT2D eigenvalue weighted by molar-refractivity contribution is -0.151. The summed E-state index contributed by atoms with van der Waals surface area (Å²) in [6.45, 7) is 3.82. The Morgan fingerprint density at radius 3 is 2.86 bits per heavy atom. The van der Waals surface area contributed by atoms with E-state index in [4.69, 9.17) is 9.84 Å². The average molecular weight is 200 g/mol. The van der Waals surface area contributed by atoms with Gasteiger partial charge in [-0.25, -0.2) is 0 Å². The molecule has 0 aromatic rings. The Morgan fingerprint density at radius 1 is 1.71 bits per heavy atom. The van der Waals surface area contributed by atoms with Crippen LogP contribution in [0.1, 0.15) is 39.5 Å². The van der Waals surface area contributed by atoms with Crippen molar-refractivity contribution in [1.29, 1.82) is 0 Å². The number of hydrogen-bond acceptors (Lipinski definition) is 3. The molecular weight excluding hydrogens is 184 g/mol. The number of ether oxygens (including phenoxy) is 1. The van der Waals surface area contributed by atoms with Gasteiger partial charge in [-0.1, -0.05) is 6.92 Å². The molecule has 1 heterocycles. The van der Waals surface area contributed by atoms with Crippen molar-refractivity contribution in [2.24, 2.45) is 5.92 Å². The molecule has 1 fully saturated rings. The molecule has 0 radical (unpaired) electrons. The molecule has 0 spiro atoms. The first-order chi connectivity index (χ1) is 6.48. The molecule has 0 aromatic heterocycles. The Morgan fingerprint density at radius 2 is 2.36 bits per heavy atom. The highest BCUT2D eigenvalue weighted by Crippen LogP contribution is 2.38. The second kappa shape index (κ2) is 3.98. The number of hydrogen-bond donors (Lipinski definition) is 1. The van der Waals surface area contributed by atoms with E-state index in [2.05, 4.69) is 0 Å². The quantitative estimate of drug-likeness (QED) is 0.700. The zero-order chi connectivity index (χ0) is 10.8. The van der Waals surface area contributed by atoms with E-state index in [0.717, 1.165) is 6.42 Å². The minimum Gasteiger partial charge on any atom is -0.481 e. The highest BCUT2D eigenvalue weighted by molar-refractivity contribution is 5.73. The summed E-state index contributed by atoms with van der Waals surface area (Å²) in [5.41, 5.74) is -0.565. The zero-order valence-electron chi connectivity index (χ0n) is 8.58. The van der Waals surface area contributed by atoms with Crippen molar-refractivity contribution in [2.75, 3.05) is 0 Å². The van der Waals surface area contributed by atoms with Gasteiger partial charge < -0.3 is 9.84 Å². The number of carboxylic acids is 1. The van der Waals surface area contributed by atoms with Crippen LogP contribution in [-0.4, -0.2) is 22.6 Å². The van der Waals surface area contributed by atoms with Gasteiger partial charge in [-0.15, -0.1) is 0 Å². The van der Waals surface area contributed by atoms with Crippen LogP contribution in [0.2, 0.25) is 0 Å². The van der Waals surface area contributed by atoms with Gasteiger partial charge in [-0.3, -0.25) is 9.59 Å². The van der Waals surface area contributed by atoms with Gasteiger partial charge in [0.2, 0.25) is 0 Å². The summed E-state index contributed by atoms with van der Waals surface area (Å²) in [4.78, 5) is 21.5. The van der Waals surface area contributed by atoms with Crippen LogP contribution in [0.15, 0.2) is 0 Å². The molecule has 14 heavy (non-hydrogen) atoms. The van der Waals surface area contributed by atoms with Crippen LogP contribution in [0.3, 0.4) is 0 Å². The summed E-state index contributed by atoms with van der Waals surface area (Å²) >= 11 is 0. The van der Waals surface area contributed by atoms with E-state index in [1.54, 1.807) is 0 Å². The number of esters is 1. The van der Waals surface area contributed by atoms with Crippen molar-refractivity contribution in [3.05, 3.63) is 0 Å². The highest BCUT2D eigenvalue weighted by atomic mass is 16.6. The summed E-state index contributed by atoms with van der Waals surface area (Å²) in [6, 6.07) is 0. The first-order valence-corrected chi connectivity index (χ1v) is 4.91. The van der Waals surface area contributed by atoms with Crippen LogP contribution >= 0.6 is 0 Å². The van der Waals surface area contributed by atoms with Gasteiger partial charge in [0.25, 0.3) is 0 Å². The Balaban J connectivity index is 2.61. The molecule has 4 heteroatoms. The van der Waals surface area contributed by atoms with Crippen LogP contribution in [0.5, 0.6) is 0 Å². The Hall–Kier alpha value is -1.06. The first kappa shape index (κ1) is 11.0. The molecule has 0 amide bonds. The average Bonchev–Trinajstić information content (AvgIpc) is 2.38. The maximum absolute atomic E-state index is 11.1. The largest absolute Gasteiger partial charge is 0.481 e. The first-order valence-electron chi connectivity index (χ1n) is 4.91. The standard InChI is InChI=1S/C10H16O4/c1-3-7-6-9(13)14-10(7,2)5-4-8(11)12/h7H,3-6H2,1-2H3,(H,11,12). The maximum atomic E-state index is 11.1. The fourth-order valence-electron chi connectivity index (χ4n) is 1.99. The lowest BCUT2D eigenvalue weighted by Crippen LogP contribution is -2.32. The summed E-state index contributed by atoms with van der Waals surface area (Å²) in [5, 5.41) is 8.57. The molecule has 1 rings (SSSR count). The summed E-state index contributed by atoms with van der Waals surface area (Å²) in [5.74, 6) is -0.886. The van der Waals surface area contributed by atoms with Crippen LogP contribution in [0.4, 0.5) is 0 Å². The molecular formula is C10H16O4. The van der Waals surface area contributed by atoms with Crippen LogP contribution in [0.25, 0.3) is 0 Å². The summed E-state index contributed by atoms with van der Waals surface area (Å²) < 4.78 is 5.20. The fourth-order valence-corrected chi connectivity index (χ4v) is 1.99. The van der Waals surface area contributed by atoms with E-state index in [1.807, 2.05) is 13.8 Å².